The number of benzene rings is 2. The van der Waals surface area contributed by atoms with E-state index in [1.807, 2.05) is 48.5 Å². The van der Waals surface area contributed by atoms with Crippen LogP contribution in [0.3, 0.4) is 0 Å². The number of rotatable bonds is 6. The fourth-order valence-electron chi connectivity index (χ4n) is 3.05. The fourth-order valence-corrected chi connectivity index (χ4v) is 3.17. The van der Waals surface area contributed by atoms with Gasteiger partial charge < -0.3 is 20.6 Å². The Bertz CT molecular complexity index is 728. The Labute approximate surface area is 159 Å². The number of piperidine rings is 1. The molecule has 0 radical (unpaired) electrons. The van der Waals surface area contributed by atoms with Crippen LogP contribution in [0, 0.1) is 0 Å². The summed E-state index contributed by atoms with van der Waals surface area (Å²) < 4.78 is 0. The molecule has 6 heteroatoms. The van der Waals surface area contributed by atoms with Gasteiger partial charge in [0.2, 0.25) is 5.91 Å². The predicted molar refractivity (Wildman–Crippen MR) is 106 cm³/mol. The third kappa shape index (κ3) is 5.13. The van der Waals surface area contributed by atoms with E-state index in [2.05, 4.69) is 15.5 Å². The van der Waals surface area contributed by atoms with Gasteiger partial charge >= 0.3 is 0 Å². The second kappa shape index (κ2) is 8.92. The highest BCUT2D eigenvalue weighted by Gasteiger charge is 2.19. The maximum atomic E-state index is 12.1. The minimum Gasteiger partial charge on any atom is -0.393 e. The van der Waals surface area contributed by atoms with Gasteiger partial charge in [0.25, 0.3) is 0 Å². The number of nitrogens with zero attached hydrogens (tertiary/aromatic N) is 1. The number of carbonyl (C=O) groups excluding carboxylic acids is 1. The average Bonchev–Trinajstić information content (AvgIpc) is 2.67. The SMILES string of the molecule is O=C(CNc1ccccc1N1CCC(O)CC1)NCc1ccc(Cl)cc1. The molecule has 0 saturated carbocycles. The Morgan fingerprint density at radius 1 is 1.12 bits per heavy atom. The zero-order valence-electron chi connectivity index (χ0n) is 14.6. The van der Waals surface area contributed by atoms with E-state index in [4.69, 9.17) is 11.6 Å². The van der Waals surface area contributed by atoms with Crippen molar-refractivity contribution in [3.8, 4) is 0 Å². The molecule has 1 aliphatic heterocycles. The molecule has 3 rings (SSSR count). The smallest absolute Gasteiger partial charge is 0.239 e. The molecule has 1 amide bonds. The Kier molecular flexibility index (Phi) is 6.36. The molecule has 0 atom stereocenters. The molecule has 0 bridgehead atoms. The number of halogens is 1. The molecule has 1 fully saturated rings. The zero-order valence-corrected chi connectivity index (χ0v) is 15.4. The van der Waals surface area contributed by atoms with Gasteiger partial charge in [-0.2, -0.15) is 0 Å². The first kappa shape index (κ1) is 18.5. The fraction of sp³-hybridized carbons (Fsp3) is 0.350. The summed E-state index contributed by atoms with van der Waals surface area (Å²) in [6.45, 7) is 2.33. The van der Waals surface area contributed by atoms with Crippen molar-refractivity contribution in [2.24, 2.45) is 0 Å². The Morgan fingerprint density at radius 2 is 1.81 bits per heavy atom. The Morgan fingerprint density at radius 3 is 2.54 bits per heavy atom. The molecule has 1 aliphatic rings. The van der Waals surface area contributed by atoms with Gasteiger partial charge in [0.1, 0.15) is 0 Å². The van der Waals surface area contributed by atoms with E-state index in [0.717, 1.165) is 42.9 Å². The van der Waals surface area contributed by atoms with Crippen molar-refractivity contribution in [2.75, 3.05) is 29.9 Å². The van der Waals surface area contributed by atoms with E-state index in [1.54, 1.807) is 0 Å². The standard InChI is InChI=1S/C20H24ClN3O2/c21-16-7-5-15(6-8-16)13-23-20(26)14-22-18-3-1-2-4-19(18)24-11-9-17(25)10-12-24/h1-8,17,22,25H,9-14H2,(H,23,26). The summed E-state index contributed by atoms with van der Waals surface area (Å²) in [7, 11) is 0. The van der Waals surface area contributed by atoms with Gasteiger partial charge in [-0.3, -0.25) is 4.79 Å². The number of hydrogen-bond acceptors (Lipinski definition) is 4. The normalized spacial score (nSPS) is 14.9. The molecule has 0 unspecified atom stereocenters. The molecule has 0 aliphatic carbocycles. The molecule has 0 spiro atoms. The van der Waals surface area contributed by atoms with Crippen molar-refractivity contribution in [3.63, 3.8) is 0 Å². The van der Waals surface area contributed by atoms with Gasteiger partial charge in [0, 0.05) is 24.7 Å². The van der Waals surface area contributed by atoms with Gasteiger partial charge in [-0.05, 0) is 42.7 Å². The summed E-state index contributed by atoms with van der Waals surface area (Å²) in [6, 6.07) is 15.4. The second-order valence-electron chi connectivity index (χ2n) is 6.49. The van der Waals surface area contributed by atoms with E-state index in [1.165, 1.54) is 0 Å². The van der Waals surface area contributed by atoms with Gasteiger partial charge in [-0.15, -0.1) is 0 Å². The van der Waals surface area contributed by atoms with E-state index in [-0.39, 0.29) is 18.6 Å². The van der Waals surface area contributed by atoms with Crippen molar-refractivity contribution in [1.29, 1.82) is 0 Å². The number of amides is 1. The first-order valence-electron chi connectivity index (χ1n) is 8.89. The summed E-state index contributed by atoms with van der Waals surface area (Å²) in [4.78, 5) is 14.4. The van der Waals surface area contributed by atoms with Crippen LogP contribution in [0.1, 0.15) is 18.4 Å². The van der Waals surface area contributed by atoms with Crippen LogP contribution in [-0.2, 0) is 11.3 Å². The number of aliphatic hydroxyl groups is 1. The molecule has 26 heavy (non-hydrogen) atoms. The van der Waals surface area contributed by atoms with Crippen LogP contribution < -0.4 is 15.5 Å². The quantitative estimate of drug-likeness (QED) is 0.728. The third-order valence-corrected chi connectivity index (χ3v) is 4.80. The van der Waals surface area contributed by atoms with Gasteiger partial charge in [0.15, 0.2) is 0 Å². The van der Waals surface area contributed by atoms with Crippen molar-refractivity contribution < 1.29 is 9.90 Å². The highest BCUT2D eigenvalue weighted by molar-refractivity contribution is 6.30. The lowest BCUT2D eigenvalue weighted by Crippen LogP contribution is -2.36. The maximum Gasteiger partial charge on any atom is 0.239 e. The van der Waals surface area contributed by atoms with Crippen molar-refractivity contribution in [2.45, 2.75) is 25.5 Å². The molecule has 1 saturated heterocycles. The van der Waals surface area contributed by atoms with E-state index < -0.39 is 0 Å². The molecule has 3 N–H and O–H groups in total. The zero-order chi connectivity index (χ0) is 18.4. The average molecular weight is 374 g/mol. The summed E-state index contributed by atoms with van der Waals surface area (Å²) in [6.07, 6.45) is 1.34. The van der Waals surface area contributed by atoms with E-state index in [9.17, 15) is 9.90 Å². The minimum atomic E-state index is -0.204. The summed E-state index contributed by atoms with van der Waals surface area (Å²) in [5.74, 6) is -0.0659. The second-order valence-corrected chi connectivity index (χ2v) is 6.93. The van der Waals surface area contributed by atoms with Crippen LogP contribution in [0.4, 0.5) is 11.4 Å². The van der Waals surface area contributed by atoms with Gasteiger partial charge in [0.05, 0.1) is 24.0 Å². The molecule has 5 nitrogen and oxygen atoms in total. The van der Waals surface area contributed by atoms with Crippen molar-refractivity contribution >= 4 is 28.9 Å². The first-order valence-corrected chi connectivity index (χ1v) is 9.26. The lowest BCUT2D eigenvalue weighted by atomic mass is 10.1. The van der Waals surface area contributed by atoms with Crippen LogP contribution in [0.15, 0.2) is 48.5 Å². The molecule has 1 heterocycles. The lowest BCUT2D eigenvalue weighted by Gasteiger charge is -2.32. The monoisotopic (exact) mass is 373 g/mol. The van der Waals surface area contributed by atoms with Crippen LogP contribution in [0.2, 0.25) is 5.02 Å². The third-order valence-electron chi connectivity index (χ3n) is 4.55. The number of para-hydroxylation sites is 2. The molecular weight excluding hydrogens is 350 g/mol. The summed E-state index contributed by atoms with van der Waals surface area (Å²) >= 11 is 5.86. The topological polar surface area (TPSA) is 64.6 Å². The largest absolute Gasteiger partial charge is 0.393 e. The minimum absolute atomic E-state index is 0.0659. The van der Waals surface area contributed by atoms with Gasteiger partial charge in [-0.1, -0.05) is 35.9 Å². The highest BCUT2D eigenvalue weighted by atomic mass is 35.5. The Balaban J connectivity index is 1.52. The number of carbonyl (C=O) groups is 1. The molecule has 138 valence electrons. The summed E-state index contributed by atoms with van der Waals surface area (Å²) in [5, 5.41) is 16.5. The van der Waals surface area contributed by atoms with Crippen LogP contribution in [0.25, 0.3) is 0 Å². The van der Waals surface area contributed by atoms with Crippen LogP contribution >= 0.6 is 11.6 Å². The Hall–Kier alpha value is -2.24. The van der Waals surface area contributed by atoms with Crippen LogP contribution in [-0.4, -0.2) is 36.8 Å². The van der Waals surface area contributed by atoms with E-state index >= 15 is 0 Å². The molecule has 2 aromatic carbocycles. The maximum absolute atomic E-state index is 12.1. The van der Waals surface area contributed by atoms with Gasteiger partial charge in [-0.25, -0.2) is 0 Å². The van der Waals surface area contributed by atoms with Crippen LogP contribution in [0.5, 0.6) is 0 Å². The summed E-state index contributed by atoms with van der Waals surface area (Å²) in [5.41, 5.74) is 3.02. The van der Waals surface area contributed by atoms with Crippen molar-refractivity contribution in [1.82, 2.24) is 5.32 Å². The number of hydrogen-bond donors (Lipinski definition) is 3. The first-order chi connectivity index (χ1) is 12.6. The number of aliphatic hydroxyl groups excluding tert-OH is 1. The predicted octanol–water partition coefficient (Wildman–Crippen LogP) is 3.03. The molecule has 0 aromatic heterocycles. The van der Waals surface area contributed by atoms with E-state index in [0.29, 0.717) is 11.6 Å². The lowest BCUT2D eigenvalue weighted by molar-refractivity contribution is -0.119. The van der Waals surface area contributed by atoms with Crippen molar-refractivity contribution in [3.05, 3.63) is 59.1 Å². The number of nitrogens with one attached hydrogen (secondary N) is 2. The molecule has 2 aromatic rings. The molecular formula is C20H24ClN3O2. The number of anilines is 2. The highest BCUT2D eigenvalue weighted by Crippen LogP contribution is 2.28.